The quantitative estimate of drug-likeness (QED) is 0.630. The van der Waals surface area contributed by atoms with E-state index in [1.165, 1.54) is 56.4 Å². The third-order valence-corrected chi connectivity index (χ3v) is 5.51. The number of anilines is 1. The number of benzene rings is 1. The summed E-state index contributed by atoms with van der Waals surface area (Å²) in [6.45, 7) is 12.1. The second kappa shape index (κ2) is 10.5. The highest BCUT2D eigenvalue weighted by Gasteiger charge is 2.19. The van der Waals surface area contributed by atoms with E-state index in [9.17, 15) is 0 Å². The van der Waals surface area contributed by atoms with Crippen LogP contribution in [0.25, 0.3) is 0 Å². The average molecular weight is 406 g/mol. The summed E-state index contributed by atoms with van der Waals surface area (Å²) in [6, 6.07) is 12.9. The second-order valence-electron chi connectivity index (χ2n) is 9.59. The zero-order valence-electron chi connectivity index (χ0n) is 18.8. The summed E-state index contributed by atoms with van der Waals surface area (Å²) in [5, 5.41) is 9.15. The number of likely N-dealkylation sites (tertiary alicyclic amines) is 1. The number of hydrogen-bond donors (Lipinski definition) is 0. The van der Waals surface area contributed by atoms with Crippen LogP contribution in [-0.2, 0) is 13.0 Å². The summed E-state index contributed by atoms with van der Waals surface area (Å²) in [7, 11) is 0. The molecule has 0 bridgehead atoms. The number of piperidine rings is 1. The first-order valence-electron chi connectivity index (χ1n) is 11.2. The van der Waals surface area contributed by atoms with Crippen molar-refractivity contribution < 1.29 is 0 Å². The van der Waals surface area contributed by atoms with Crippen LogP contribution < -0.4 is 4.90 Å². The minimum Gasteiger partial charge on any atom is -0.352 e. The lowest BCUT2D eigenvalue weighted by atomic mass is 9.95. The minimum absolute atomic E-state index is 0.117. The van der Waals surface area contributed by atoms with Crippen LogP contribution in [0.4, 0.5) is 5.82 Å². The van der Waals surface area contributed by atoms with Crippen molar-refractivity contribution in [1.29, 1.82) is 5.26 Å². The van der Waals surface area contributed by atoms with Gasteiger partial charge in [-0.25, -0.2) is 9.97 Å². The van der Waals surface area contributed by atoms with Crippen molar-refractivity contribution in [3.05, 3.63) is 53.5 Å². The van der Waals surface area contributed by atoms with Gasteiger partial charge in [-0.2, -0.15) is 5.26 Å². The van der Waals surface area contributed by atoms with E-state index in [1.54, 1.807) is 6.20 Å². The Labute approximate surface area is 181 Å². The normalized spacial score (nSPS) is 15.0. The van der Waals surface area contributed by atoms with E-state index in [0.717, 1.165) is 25.3 Å². The molecule has 0 amide bonds. The van der Waals surface area contributed by atoms with Gasteiger partial charge in [-0.3, -0.25) is 0 Å². The molecule has 0 N–H and O–H groups in total. The van der Waals surface area contributed by atoms with Crippen LogP contribution in [0.2, 0.25) is 0 Å². The van der Waals surface area contributed by atoms with E-state index >= 15 is 0 Å². The van der Waals surface area contributed by atoms with Crippen LogP contribution in [-0.4, -0.2) is 41.0 Å². The van der Waals surface area contributed by atoms with E-state index in [4.69, 9.17) is 5.26 Å². The van der Waals surface area contributed by atoms with E-state index in [2.05, 4.69) is 64.8 Å². The molecule has 160 valence electrons. The number of aryl methyl sites for hydroxylation is 1. The molecule has 0 spiro atoms. The van der Waals surface area contributed by atoms with Gasteiger partial charge in [-0.15, -0.1) is 0 Å². The summed E-state index contributed by atoms with van der Waals surface area (Å²) in [5.74, 6) is 1.03. The lowest BCUT2D eigenvalue weighted by Gasteiger charge is -2.31. The Morgan fingerprint density at radius 3 is 2.40 bits per heavy atom. The lowest BCUT2D eigenvalue weighted by molar-refractivity contribution is 0.226. The average Bonchev–Trinajstić information content (AvgIpc) is 2.74. The fourth-order valence-corrected chi connectivity index (χ4v) is 4.09. The summed E-state index contributed by atoms with van der Waals surface area (Å²) in [4.78, 5) is 13.3. The molecular weight excluding hydrogens is 370 g/mol. The Balaban J connectivity index is 1.60. The molecule has 1 saturated heterocycles. The number of nitrogens with zero attached hydrogens (tertiary/aromatic N) is 5. The minimum atomic E-state index is 0.117. The van der Waals surface area contributed by atoms with Crippen molar-refractivity contribution >= 4 is 5.82 Å². The second-order valence-corrected chi connectivity index (χ2v) is 9.59. The first kappa shape index (κ1) is 22.2. The van der Waals surface area contributed by atoms with Gasteiger partial charge in [0.15, 0.2) is 0 Å². The van der Waals surface area contributed by atoms with Gasteiger partial charge in [-0.1, -0.05) is 51.5 Å². The van der Waals surface area contributed by atoms with Gasteiger partial charge in [0, 0.05) is 19.3 Å². The molecule has 30 heavy (non-hydrogen) atoms. The fraction of sp³-hybridized carbons (Fsp3) is 0.560. The highest BCUT2D eigenvalue weighted by Crippen LogP contribution is 2.22. The number of aromatic nitrogens is 2. The molecule has 0 aliphatic carbocycles. The maximum atomic E-state index is 9.15. The van der Waals surface area contributed by atoms with Crippen LogP contribution >= 0.6 is 0 Å². The van der Waals surface area contributed by atoms with Crippen molar-refractivity contribution in [3.63, 3.8) is 0 Å². The molecule has 2 aromatic rings. The number of hydrogen-bond acceptors (Lipinski definition) is 5. The van der Waals surface area contributed by atoms with Crippen molar-refractivity contribution in [2.75, 3.05) is 31.1 Å². The van der Waals surface area contributed by atoms with Gasteiger partial charge in [0.05, 0.1) is 0 Å². The Morgan fingerprint density at radius 2 is 1.73 bits per heavy atom. The fourth-order valence-electron chi connectivity index (χ4n) is 4.09. The molecule has 1 aliphatic heterocycles. The third-order valence-electron chi connectivity index (χ3n) is 5.51. The topological polar surface area (TPSA) is 56.0 Å². The predicted octanol–water partition coefficient (Wildman–Crippen LogP) is 4.82. The summed E-state index contributed by atoms with van der Waals surface area (Å²) in [6.07, 6.45) is 8.16. The number of rotatable bonds is 8. The van der Waals surface area contributed by atoms with Gasteiger partial charge in [0.25, 0.3) is 0 Å². The SMILES string of the molecule is CC(C)(C)CN(Cc1ccc(CCCN2CCCCC2)cc1)c1ccnc(C#N)n1. The molecule has 2 heterocycles. The largest absolute Gasteiger partial charge is 0.352 e. The van der Waals surface area contributed by atoms with Crippen LogP contribution in [0, 0.1) is 16.7 Å². The maximum absolute atomic E-state index is 9.15. The monoisotopic (exact) mass is 405 g/mol. The predicted molar refractivity (Wildman–Crippen MR) is 122 cm³/mol. The molecule has 0 saturated carbocycles. The van der Waals surface area contributed by atoms with Crippen LogP contribution in [0.5, 0.6) is 0 Å². The Morgan fingerprint density at radius 1 is 1.03 bits per heavy atom. The molecule has 1 aromatic heterocycles. The van der Waals surface area contributed by atoms with E-state index < -0.39 is 0 Å². The van der Waals surface area contributed by atoms with E-state index in [1.807, 2.05) is 12.1 Å². The first-order valence-corrected chi connectivity index (χ1v) is 11.2. The molecule has 0 unspecified atom stereocenters. The van der Waals surface area contributed by atoms with Gasteiger partial charge >= 0.3 is 0 Å². The van der Waals surface area contributed by atoms with Gasteiger partial charge in [0.2, 0.25) is 5.82 Å². The maximum Gasteiger partial charge on any atom is 0.234 e. The smallest absolute Gasteiger partial charge is 0.234 e. The Bertz CT molecular complexity index is 826. The molecule has 0 radical (unpaired) electrons. The highest BCUT2D eigenvalue weighted by molar-refractivity contribution is 5.41. The van der Waals surface area contributed by atoms with Gasteiger partial charge in [0.1, 0.15) is 11.9 Å². The summed E-state index contributed by atoms with van der Waals surface area (Å²) >= 11 is 0. The third kappa shape index (κ3) is 7.11. The zero-order valence-corrected chi connectivity index (χ0v) is 18.8. The molecule has 1 aromatic carbocycles. The summed E-state index contributed by atoms with van der Waals surface area (Å²) < 4.78 is 0. The van der Waals surface area contributed by atoms with Gasteiger partial charge < -0.3 is 9.80 Å². The Kier molecular flexibility index (Phi) is 7.81. The van der Waals surface area contributed by atoms with E-state index in [-0.39, 0.29) is 11.2 Å². The van der Waals surface area contributed by atoms with Crippen molar-refractivity contribution in [2.24, 2.45) is 5.41 Å². The standard InChI is InChI=1S/C25H35N5/c1-25(2,3)20-30(24-13-14-27-23(18-26)28-24)19-22-11-9-21(10-12-22)8-7-17-29-15-5-4-6-16-29/h9-14H,4-8,15-17,19-20H2,1-3H3. The summed E-state index contributed by atoms with van der Waals surface area (Å²) in [5.41, 5.74) is 2.79. The molecule has 1 aliphatic rings. The first-order chi connectivity index (χ1) is 14.4. The molecular formula is C25H35N5. The van der Waals surface area contributed by atoms with Crippen molar-refractivity contribution in [3.8, 4) is 6.07 Å². The molecule has 3 rings (SSSR count). The Hall–Kier alpha value is -2.45. The molecule has 5 heteroatoms. The van der Waals surface area contributed by atoms with Crippen molar-refractivity contribution in [2.45, 2.75) is 59.4 Å². The molecule has 1 fully saturated rings. The van der Waals surface area contributed by atoms with Gasteiger partial charge in [-0.05, 0) is 67.9 Å². The lowest BCUT2D eigenvalue weighted by Crippen LogP contribution is -2.33. The number of nitriles is 1. The van der Waals surface area contributed by atoms with Crippen LogP contribution in [0.3, 0.4) is 0 Å². The molecule has 0 atom stereocenters. The van der Waals surface area contributed by atoms with Crippen LogP contribution in [0.1, 0.15) is 63.4 Å². The van der Waals surface area contributed by atoms with Crippen LogP contribution in [0.15, 0.2) is 36.5 Å². The molecule has 5 nitrogen and oxygen atoms in total. The zero-order chi connectivity index (χ0) is 21.4. The van der Waals surface area contributed by atoms with Crippen molar-refractivity contribution in [1.82, 2.24) is 14.9 Å². The van der Waals surface area contributed by atoms with E-state index in [0.29, 0.717) is 0 Å². The highest BCUT2D eigenvalue weighted by atomic mass is 15.2.